The number of carbonyl (C=O) groups excluding carboxylic acids is 1. The first kappa shape index (κ1) is 6.79. The Bertz CT molecular complexity index is 250. The first-order chi connectivity index (χ1) is 4.84. The van der Waals surface area contributed by atoms with E-state index in [4.69, 9.17) is 0 Å². The van der Waals surface area contributed by atoms with Crippen molar-refractivity contribution >= 4 is 5.78 Å². The van der Waals surface area contributed by atoms with Crippen LogP contribution in [-0.4, -0.2) is 5.78 Å². The van der Waals surface area contributed by atoms with Gasteiger partial charge in [0, 0.05) is 5.57 Å². The predicted molar refractivity (Wildman–Crippen MR) is 40.6 cm³/mol. The van der Waals surface area contributed by atoms with Crippen molar-refractivity contribution in [1.29, 1.82) is 0 Å². The highest BCUT2D eigenvalue weighted by molar-refractivity contribution is 6.06. The first-order valence-electron chi connectivity index (χ1n) is 3.11. The third kappa shape index (κ3) is 1.34. The standard InChI is InChI=1S/C9H8O/c1-2-5-8-6-3-4-7-9(8)10/h4-7H,1,3H2. The van der Waals surface area contributed by atoms with Gasteiger partial charge in [-0.2, -0.15) is 0 Å². The van der Waals surface area contributed by atoms with E-state index >= 15 is 0 Å². The Labute approximate surface area is 60.1 Å². The Kier molecular flexibility index (Phi) is 2.03. The molecule has 0 amide bonds. The number of hydrogen-bond acceptors (Lipinski definition) is 1. The van der Waals surface area contributed by atoms with E-state index in [0.29, 0.717) is 5.57 Å². The topological polar surface area (TPSA) is 17.1 Å². The molecule has 0 unspecified atom stereocenters. The highest BCUT2D eigenvalue weighted by Crippen LogP contribution is 2.07. The summed E-state index contributed by atoms with van der Waals surface area (Å²) in [5.74, 6) is 0.0439. The van der Waals surface area contributed by atoms with Crippen molar-refractivity contribution in [2.75, 3.05) is 0 Å². The van der Waals surface area contributed by atoms with Gasteiger partial charge in [0.15, 0.2) is 5.78 Å². The summed E-state index contributed by atoms with van der Waals surface area (Å²) in [6.07, 6.45) is 7.71. The lowest BCUT2D eigenvalue weighted by molar-refractivity contribution is -0.111. The van der Waals surface area contributed by atoms with Crippen LogP contribution in [0.15, 0.2) is 42.2 Å². The summed E-state index contributed by atoms with van der Waals surface area (Å²) in [4.78, 5) is 10.9. The van der Waals surface area contributed by atoms with Gasteiger partial charge in [-0.3, -0.25) is 4.79 Å². The molecule has 0 atom stereocenters. The molecule has 0 fully saturated rings. The van der Waals surface area contributed by atoms with Crippen LogP contribution in [0.5, 0.6) is 0 Å². The average molecular weight is 132 g/mol. The zero-order valence-corrected chi connectivity index (χ0v) is 5.63. The molecule has 1 aliphatic rings. The van der Waals surface area contributed by atoms with Crippen LogP contribution in [0.1, 0.15) is 6.42 Å². The van der Waals surface area contributed by atoms with Gasteiger partial charge in [0.1, 0.15) is 0 Å². The Hall–Kier alpha value is -1.33. The average Bonchev–Trinajstić information content (AvgIpc) is 1.94. The second kappa shape index (κ2) is 3.00. The van der Waals surface area contributed by atoms with E-state index in [9.17, 15) is 4.79 Å². The van der Waals surface area contributed by atoms with Gasteiger partial charge in [-0.05, 0) is 18.6 Å². The minimum Gasteiger partial charge on any atom is -0.289 e. The molecule has 0 saturated carbocycles. The molecule has 0 radical (unpaired) electrons. The van der Waals surface area contributed by atoms with Crippen LogP contribution >= 0.6 is 0 Å². The quantitative estimate of drug-likeness (QED) is 0.497. The van der Waals surface area contributed by atoms with Gasteiger partial charge in [0.25, 0.3) is 0 Å². The van der Waals surface area contributed by atoms with Crippen LogP contribution < -0.4 is 0 Å². The fourth-order valence-electron chi connectivity index (χ4n) is 0.807. The Morgan fingerprint density at radius 1 is 1.70 bits per heavy atom. The van der Waals surface area contributed by atoms with E-state index in [1.165, 1.54) is 0 Å². The molecule has 0 aromatic heterocycles. The van der Waals surface area contributed by atoms with Crippen molar-refractivity contribution in [2.24, 2.45) is 0 Å². The third-order valence-corrected chi connectivity index (χ3v) is 1.29. The molecule has 0 aromatic carbocycles. The molecule has 0 bridgehead atoms. The lowest BCUT2D eigenvalue weighted by Crippen LogP contribution is -1.98. The highest BCUT2D eigenvalue weighted by atomic mass is 16.1. The summed E-state index contributed by atoms with van der Waals surface area (Å²) in [6.45, 7) is 3.39. The molecule has 0 spiro atoms. The summed E-state index contributed by atoms with van der Waals surface area (Å²) in [5.41, 5.74) is 3.26. The maximum absolute atomic E-state index is 10.9. The highest BCUT2D eigenvalue weighted by Gasteiger charge is 2.03. The van der Waals surface area contributed by atoms with Crippen molar-refractivity contribution in [3.63, 3.8) is 0 Å². The van der Waals surface area contributed by atoms with E-state index in [2.05, 4.69) is 12.3 Å². The maximum Gasteiger partial charge on any atom is 0.185 e. The number of hydrogen-bond donors (Lipinski definition) is 0. The van der Waals surface area contributed by atoms with E-state index < -0.39 is 0 Å². The van der Waals surface area contributed by atoms with Gasteiger partial charge in [-0.25, -0.2) is 0 Å². The van der Waals surface area contributed by atoms with Crippen LogP contribution in [0, 0.1) is 0 Å². The molecular formula is C9H8O. The second-order valence-corrected chi connectivity index (χ2v) is 2.01. The van der Waals surface area contributed by atoms with E-state index in [1.54, 1.807) is 12.2 Å². The molecule has 0 aromatic rings. The fraction of sp³-hybridized carbons (Fsp3) is 0.111. The minimum atomic E-state index is 0.0439. The molecule has 1 rings (SSSR count). The van der Waals surface area contributed by atoms with Crippen LogP contribution in [-0.2, 0) is 4.79 Å². The molecule has 1 heteroatoms. The van der Waals surface area contributed by atoms with Crippen LogP contribution in [0.2, 0.25) is 0 Å². The van der Waals surface area contributed by atoms with E-state index in [1.807, 2.05) is 12.2 Å². The van der Waals surface area contributed by atoms with Gasteiger partial charge in [-0.1, -0.05) is 18.7 Å². The number of allylic oxidation sites excluding steroid dienone is 5. The van der Waals surface area contributed by atoms with Gasteiger partial charge < -0.3 is 0 Å². The predicted octanol–water partition coefficient (Wildman–Crippen LogP) is 1.78. The van der Waals surface area contributed by atoms with Crippen molar-refractivity contribution in [2.45, 2.75) is 6.42 Å². The summed E-state index contributed by atoms with van der Waals surface area (Å²) in [6, 6.07) is 0. The van der Waals surface area contributed by atoms with Crippen molar-refractivity contribution < 1.29 is 4.79 Å². The second-order valence-electron chi connectivity index (χ2n) is 2.01. The Morgan fingerprint density at radius 2 is 2.50 bits per heavy atom. The third-order valence-electron chi connectivity index (χ3n) is 1.29. The number of rotatable bonds is 1. The monoisotopic (exact) mass is 132 g/mol. The fourth-order valence-corrected chi connectivity index (χ4v) is 0.807. The Morgan fingerprint density at radius 3 is 3.10 bits per heavy atom. The zero-order valence-electron chi connectivity index (χ0n) is 5.63. The maximum atomic E-state index is 10.9. The van der Waals surface area contributed by atoms with Crippen molar-refractivity contribution in [1.82, 2.24) is 0 Å². The van der Waals surface area contributed by atoms with E-state index in [-0.39, 0.29) is 5.78 Å². The summed E-state index contributed by atoms with van der Waals surface area (Å²) in [5, 5.41) is 0. The lowest BCUT2D eigenvalue weighted by Gasteiger charge is -1.98. The Balaban J connectivity index is 2.85. The van der Waals surface area contributed by atoms with Crippen molar-refractivity contribution in [3.05, 3.63) is 42.2 Å². The van der Waals surface area contributed by atoms with Crippen molar-refractivity contribution in [3.8, 4) is 0 Å². The normalized spacial score (nSPS) is 16.0. The first-order valence-corrected chi connectivity index (χ1v) is 3.11. The lowest BCUT2D eigenvalue weighted by atomic mass is 10.1. The molecule has 0 saturated heterocycles. The summed E-state index contributed by atoms with van der Waals surface area (Å²) < 4.78 is 0. The summed E-state index contributed by atoms with van der Waals surface area (Å²) in [7, 11) is 0. The van der Waals surface area contributed by atoms with Gasteiger partial charge in [0.2, 0.25) is 0 Å². The van der Waals surface area contributed by atoms with Crippen LogP contribution in [0.3, 0.4) is 0 Å². The number of ketones is 1. The molecular weight excluding hydrogens is 124 g/mol. The summed E-state index contributed by atoms with van der Waals surface area (Å²) >= 11 is 0. The molecule has 1 aliphatic carbocycles. The molecule has 0 aliphatic heterocycles. The van der Waals surface area contributed by atoms with Crippen LogP contribution in [0.4, 0.5) is 0 Å². The van der Waals surface area contributed by atoms with Gasteiger partial charge >= 0.3 is 0 Å². The molecule has 1 nitrogen and oxygen atoms in total. The largest absolute Gasteiger partial charge is 0.289 e. The van der Waals surface area contributed by atoms with Crippen LogP contribution in [0.25, 0.3) is 0 Å². The SMILES string of the molecule is C=C=CC1=CCC=CC1=O. The smallest absolute Gasteiger partial charge is 0.185 e. The molecule has 0 heterocycles. The minimum absolute atomic E-state index is 0.0439. The zero-order chi connectivity index (χ0) is 7.40. The molecule has 10 heavy (non-hydrogen) atoms. The molecule has 0 N–H and O–H groups in total. The van der Waals surface area contributed by atoms with E-state index in [0.717, 1.165) is 6.42 Å². The molecule has 50 valence electrons. The number of carbonyl (C=O) groups is 1. The van der Waals surface area contributed by atoms with Gasteiger partial charge in [-0.15, -0.1) is 5.73 Å². The van der Waals surface area contributed by atoms with Gasteiger partial charge in [0.05, 0.1) is 0 Å².